The molecule has 0 aliphatic heterocycles. The Morgan fingerprint density at radius 3 is 2.93 bits per heavy atom. The third-order valence-electron chi connectivity index (χ3n) is 3.37. The Morgan fingerprint density at radius 2 is 2.20 bits per heavy atom. The van der Waals surface area contributed by atoms with Gasteiger partial charge in [0.2, 0.25) is 0 Å². The van der Waals surface area contributed by atoms with Crippen molar-refractivity contribution in [2.75, 3.05) is 0 Å². The molecule has 4 nitrogen and oxygen atoms in total. The van der Waals surface area contributed by atoms with Gasteiger partial charge in [-0.05, 0) is 18.8 Å². The van der Waals surface area contributed by atoms with Crippen molar-refractivity contribution in [2.24, 2.45) is 13.0 Å². The second-order valence-electron chi connectivity index (χ2n) is 4.47. The molecule has 2 unspecified atom stereocenters. The zero-order valence-electron chi connectivity index (χ0n) is 9.26. The fourth-order valence-electron chi connectivity index (χ4n) is 2.34. The van der Waals surface area contributed by atoms with Gasteiger partial charge in [-0.25, -0.2) is 4.98 Å². The van der Waals surface area contributed by atoms with Crippen LogP contribution in [0.4, 0.5) is 0 Å². The number of aliphatic hydroxyl groups excluding tert-OH is 1. The van der Waals surface area contributed by atoms with E-state index in [0.29, 0.717) is 5.92 Å². The van der Waals surface area contributed by atoms with E-state index >= 15 is 0 Å². The van der Waals surface area contributed by atoms with Crippen LogP contribution >= 0.6 is 0 Å². The Morgan fingerprint density at radius 1 is 1.40 bits per heavy atom. The molecule has 1 saturated carbocycles. The number of aryl methyl sites for hydroxylation is 1. The quantitative estimate of drug-likeness (QED) is 0.747. The Bertz CT molecular complexity index is 311. The molecule has 1 aliphatic carbocycles. The van der Waals surface area contributed by atoms with E-state index in [0.717, 1.165) is 31.5 Å². The normalized spacial score (nSPS) is 27.6. The third-order valence-corrected chi connectivity index (χ3v) is 3.37. The minimum absolute atomic E-state index is 0.149. The highest BCUT2D eigenvalue weighted by Gasteiger charge is 2.23. The summed E-state index contributed by atoms with van der Waals surface area (Å²) in [5.41, 5.74) is 0. The van der Waals surface area contributed by atoms with Crippen molar-refractivity contribution in [3.8, 4) is 0 Å². The summed E-state index contributed by atoms with van der Waals surface area (Å²) in [7, 11) is 1.91. The average molecular weight is 209 g/mol. The van der Waals surface area contributed by atoms with Gasteiger partial charge in [-0.3, -0.25) is 4.68 Å². The van der Waals surface area contributed by atoms with E-state index in [-0.39, 0.29) is 6.10 Å². The maximum atomic E-state index is 9.98. The first-order chi connectivity index (χ1) is 7.27. The van der Waals surface area contributed by atoms with Gasteiger partial charge in [-0.1, -0.05) is 19.3 Å². The van der Waals surface area contributed by atoms with E-state index < -0.39 is 0 Å². The van der Waals surface area contributed by atoms with Crippen LogP contribution in [0.15, 0.2) is 6.33 Å². The molecule has 2 atom stereocenters. The van der Waals surface area contributed by atoms with Crippen LogP contribution in [0.5, 0.6) is 0 Å². The topological polar surface area (TPSA) is 50.9 Å². The van der Waals surface area contributed by atoms with Gasteiger partial charge in [0.05, 0.1) is 6.10 Å². The molecular formula is C11H19N3O. The molecule has 1 heterocycles. The number of hydrogen-bond acceptors (Lipinski definition) is 3. The third kappa shape index (κ3) is 2.56. The highest BCUT2D eigenvalue weighted by molar-refractivity contribution is 4.89. The molecule has 1 aliphatic rings. The van der Waals surface area contributed by atoms with Crippen LogP contribution in [0.3, 0.4) is 0 Å². The number of aliphatic hydroxyl groups is 1. The number of rotatable bonds is 2. The molecule has 84 valence electrons. The molecule has 1 fully saturated rings. The van der Waals surface area contributed by atoms with Crippen molar-refractivity contribution in [2.45, 2.75) is 44.6 Å². The Hall–Kier alpha value is -0.900. The summed E-state index contributed by atoms with van der Waals surface area (Å²) in [4.78, 5) is 4.22. The molecule has 0 amide bonds. The van der Waals surface area contributed by atoms with Gasteiger partial charge < -0.3 is 5.11 Å². The van der Waals surface area contributed by atoms with Crippen molar-refractivity contribution < 1.29 is 5.11 Å². The predicted octanol–water partition coefficient (Wildman–Crippen LogP) is 1.30. The summed E-state index contributed by atoms with van der Waals surface area (Å²) in [6, 6.07) is 0. The maximum Gasteiger partial charge on any atom is 0.138 e. The summed E-state index contributed by atoms with van der Waals surface area (Å²) < 4.78 is 1.80. The zero-order chi connectivity index (χ0) is 10.7. The van der Waals surface area contributed by atoms with Crippen LogP contribution in [0.25, 0.3) is 0 Å². The second kappa shape index (κ2) is 4.75. The van der Waals surface area contributed by atoms with Crippen molar-refractivity contribution >= 4 is 0 Å². The van der Waals surface area contributed by atoms with E-state index in [9.17, 15) is 5.11 Å². The molecule has 1 N–H and O–H groups in total. The standard InChI is InChI=1S/C11H19N3O/c1-14-11(12-8-13-14)7-9-5-3-2-4-6-10(9)15/h8-10,15H,2-7H2,1H3. The molecule has 0 radical (unpaired) electrons. The predicted molar refractivity (Wildman–Crippen MR) is 57.3 cm³/mol. The van der Waals surface area contributed by atoms with Crippen LogP contribution in [0.2, 0.25) is 0 Å². The first-order valence-corrected chi connectivity index (χ1v) is 5.78. The lowest BCUT2D eigenvalue weighted by Crippen LogP contribution is -2.22. The lowest BCUT2D eigenvalue weighted by molar-refractivity contribution is 0.0990. The fraction of sp³-hybridized carbons (Fsp3) is 0.818. The first kappa shape index (κ1) is 10.6. The highest BCUT2D eigenvalue weighted by atomic mass is 16.3. The van der Waals surface area contributed by atoms with Crippen LogP contribution in [0, 0.1) is 5.92 Å². The van der Waals surface area contributed by atoms with Gasteiger partial charge >= 0.3 is 0 Å². The molecule has 1 aromatic rings. The second-order valence-corrected chi connectivity index (χ2v) is 4.47. The first-order valence-electron chi connectivity index (χ1n) is 5.78. The van der Waals surface area contributed by atoms with E-state index in [1.165, 1.54) is 12.8 Å². The molecule has 1 aromatic heterocycles. The lowest BCUT2D eigenvalue weighted by Gasteiger charge is -2.19. The summed E-state index contributed by atoms with van der Waals surface area (Å²) in [6.45, 7) is 0. The van der Waals surface area contributed by atoms with Crippen molar-refractivity contribution in [3.63, 3.8) is 0 Å². The smallest absolute Gasteiger partial charge is 0.138 e. The van der Waals surface area contributed by atoms with Gasteiger partial charge in [-0.2, -0.15) is 5.10 Å². The minimum atomic E-state index is -0.149. The highest BCUT2D eigenvalue weighted by Crippen LogP contribution is 2.25. The fourth-order valence-corrected chi connectivity index (χ4v) is 2.34. The summed E-state index contributed by atoms with van der Waals surface area (Å²) in [5, 5.41) is 14.0. The molecular weight excluding hydrogens is 190 g/mol. The Labute approximate surface area is 90.3 Å². The minimum Gasteiger partial charge on any atom is -0.393 e. The summed E-state index contributed by atoms with van der Waals surface area (Å²) in [6.07, 6.45) is 8.01. The molecule has 0 aromatic carbocycles. The average Bonchev–Trinajstić information content (AvgIpc) is 2.50. The van der Waals surface area contributed by atoms with Crippen molar-refractivity contribution in [1.29, 1.82) is 0 Å². The van der Waals surface area contributed by atoms with E-state index in [2.05, 4.69) is 10.1 Å². The zero-order valence-corrected chi connectivity index (χ0v) is 9.26. The monoisotopic (exact) mass is 209 g/mol. The maximum absolute atomic E-state index is 9.98. The van der Waals surface area contributed by atoms with Gasteiger partial charge in [-0.15, -0.1) is 0 Å². The molecule has 0 bridgehead atoms. The Kier molecular flexibility index (Phi) is 3.36. The molecule has 0 saturated heterocycles. The summed E-state index contributed by atoms with van der Waals surface area (Å²) in [5.74, 6) is 1.36. The summed E-state index contributed by atoms with van der Waals surface area (Å²) >= 11 is 0. The van der Waals surface area contributed by atoms with Crippen LogP contribution in [0.1, 0.15) is 37.9 Å². The van der Waals surface area contributed by atoms with E-state index in [4.69, 9.17) is 0 Å². The van der Waals surface area contributed by atoms with Crippen LogP contribution < -0.4 is 0 Å². The SMILES string of the molecule is Cn1ncnc1CC1CCCCCC1O. The molecule has 4 heteroatoms. The molecule has 2 rings (SSSR count). The van der Waals surface area contributed by atoms with Gasteiger partial charge in [0.25, 0.3) is 0 Å². The van der Waals surface area contributed by atoms with Gasteiger partial charge in [0.1, 0.15) is 12.2 Å². The van der Waals surface area contributed by atoms with Crippen LogP contribution in [-0.4, -0.2) is 26.0 Å². The molecule has 15 heavy (non-hydrogen) atoms. The number of nitrogens with zero attached hydrogens (tertiary/aromatic N) is 3. The van der Waals surface area contributed by atoms with Gasteiger partial charge in [0.15, 0.2) is 0 Å². The number of aromatic nitrogens is 3. The lowest BCUT2D eigenvalue weighted by atomic mass is 9.93. The van der Waals surface area contributed by atoms with Gasteiger partial charge in [0, 0.05) is 13.5 Å². The van der Waals surface area contributed by atoms with Crippen molar-refractivity contribution in [3.05, 3.63) is 12.2 Å². The Balaban J connectivity index is 2.00. The molecule has 0 spiro atoms. The van der Waals surface area contributed by atoms with Crippen LogP contribution in [-0.2, 0) is 13.5 Å². The number of hydrogen-bond donors (Lipinski definition) is 1. The van der Waals surface area contributed by atoms with E-state index in [1.54, 1.807) is 11.0 Å². The van der Waals surface area contributed by atoms with Crippen molar-refractivity contribution in [1.82, 2.24) is 14.8 Å². The van der Waals surface area contributed by atoms with E-state index in [1.807, 2.05) is 7.05 Å². The largest absolute Gasteiger partial charge is 0.393 e.